The van der Waals surface area contributed by atoms with Crippen LogP contribution in [0.3, 0.4) is 0 Å². The number of carbonyl (C=O) groups excluding carboxylic acids is 1. The minimum absolute atomic E-state index is 0.109. The van der Waals surface area contributed by atoms with Crippen molar-refractivity contribution in [2.75, 3.05) is 25.6 Å². The summed E-state index contributed by atoms with van der Waals surface area (Å²) >= 11 is 5.48. The summed E-state index contributed by atoms with van der Waals surface area (Å²) in [5, 5.41) is 9.00. The highest BCUT2D eigenvalue weighted by Crippen LogP contribution is 2.22. The third-order valence-electron chi connectivity index (χ3n) is 2.66. The molecule has 1 fully saturated rings. The lowest BCUT2D eigenvalue weighted by Gasteiger charge is -2.14. The van der Waals surface area contributed by atoms with Crippen molar-refractivity contribution in [1.82, 2.24) is 4.90 Å². The molecule has 0 aromatic rings. The summed E-state index contributed by atoms with van der Waals surface area (Å²) in [5.74, 6) is 1.15. The number of halogens is 1. The number of likely N-dealkylation sites (tertiary alicyclic amines) is 1. The fourth-order valence-corrected chi connectivity index (χ4v) is 1.88. The highest BCUT2D eigenvalue weighted by atomic mass is 35.5. The molecule has 1 heterocycles. The van der Waals surface area contributed by atoms with Crippen molar-refractivity contribution in [3.8, 4) is 0 Å². The number of amides is 1. The van der Waals surface area contributed by atoms with Crippen molar-refractivity contribution in [2.45, 2.75) is 13.3 Å². The van der Waals surface area contributed by atoms with E-state index in [1.165, 1.54) is 0 Å². The van der Waals surface area contributed by atoms with E-state index in [0.29, 0.717) is 24.8 Å². The van der Waals surface area contributed by atoms with Crippen LogP contribution < -0.4 is 0 Å². The van der Waals surface area contributed by atoms with E-state index in [4.69, 9.17) is 16.7 Å². The van der Waals surface area contributed by atoms with Gasteiger partial charge in [-0.05, 0) is 5.92 Å². The molecule has 1 saturated heterocycles. The Hall–Kier alpha value is -0.280. The van der Waals surface area contributed by atoms with Crippen LogP contribution in [0.5, 0.6) is 0 Å². The van der Waals surface area contributed by atoms with Gasteiger partial charge in [0.05, 0.1) is 0 Å². The molecule has 3 nitrogen and oxygen atoms in total. The van der Waals surface area contributed by atoms with Gasteiger partial charge in [-0.15, -0.1) is 11.6 Å². The number of nitrogens with zero attached hydrogens (tertiary/aromatic N) is 1. The maximum atomic E-state index is 11.4. The summed E-state index contributed by atoms with van der Waals surface area (Å²) < 4.78 is 0. The lowest BCUT2D eigenvalue weighted by Crippen LogP contribution is -2.29. The molecular weight excluding hydrogens is 190 g/mol. The third kappa shape index (κ3) is 2.58. The molecule has 2 atom stereocenters. The van der Waals surface area contributed by atoms with E-state index in [-0.39, 0.29) is 18.4 Å². The predicted octanol–water partition coefficient (Wildman–Crippen LogP) is 0.702. The topological polar surface area (TPSA) is 40.5 Å². The Kier molecular flexibility index (Phi) is 4.00. The molecule has 0 radical (unpaired) electrons. The second-order valence-electron chi connectivity index (χ2n) is 3.66. The Labute approximate surface area is 83.7 Å². The van der Waals surface area contributed by atoms with Crippen LogP contribution in [-0.2, 0) is 4.79 Å². The molecule has 0 bridgehead atoms. The van der Waals surface area contributed by atoms with E-state index in [9.17, 15) is 4.79 Å². The number of carbonyl (C=O) groups is 1. The quantitative estimate of drug-likeness (QED) is 0.690. The molecule has 0 spiro atoms. The standard InChI is InChI=1S/C9H16ClNO2/c1-7-4-11(5-8(7)6-12)9(13)2-3-10/h7-8,12H,2-6H2,1H3/t7-,8+/m1/s1. The summed E-state index contributed by atoms with van der Waals surface area (Å²) in [5.41, 5.74) is 0. The predicted molar refractivity (Wildman–Crippen MR) is 51.7 cm³/mol. The molecule has 0 aromatic heterocycles. The summed E-state index contributed by atoms with van der Waals surface area (Å²) in [6.45, 7) is 3.69. The van der Waals surface area contributed by atoms with Gasteiger partial charge in [-0.2, -0.15) is 0 Å². The minimum atomic E-state index is 0.109. The number of aliphatic hydroxyl groups excluding tert-OH is 1. The van der Waals surface area contributed by atoms with Gasteiger partial charge in [0.25, 0.3) is 0 Å². The van der Waals surface area contributed by atoms with Crippen LogP contribution in [0.15, 0.2) is 0 Å². The first-order valence-electron chi connectivity index (χ1n) is 4.63. The first-order valence-corrected chi connectivity index (χ1v) is 5.17. The first-order chi connectivity index (χ1) is 6.19. The zero-order valence-corrected chi connectivity index (χ0v) is 8.63. The van der Waals surface area contributed by atoms with Crippen LogP contribution in [-0.4, -0.2) is 41.5 Å². The smallest absolute Gasteiger partial charge is 0.223 e. The monoisotopic (exact) mass is 205 g/mol. The van der Waals surface area contributed by atoms with Crippen LogP contribution in [0.2, 0.25) is 0 Å². The van der Waals surface area contributed by atoms with Gasteiger partial charge < -0.3 is 10.0 Å². The van der Waals surface area contributed by atoms with Crippen molar-refractivity contribution in [2.24, 2.45) is 11.8 Å². The van der Waals surface area contributed by atoms with Gasteiger partial charge in [0.2, 0.25) is 5.91 Å². The lowest BCUT2D eigenvalue weighted by atomic mass is 10.00. The number of hydrogen-bond donors (Lipinski definition) is 1. The van der Waals surface area contributed by atoms with Gasteiger partial charge in [-0.3, -0.25) is 4.79 Å². The minimum Gasteiger partial charge on any atom is -0.396 e. The van der Waals surface area contributed by atoms with Crippen LogP contribution in [0.4, 0.5) is 0 Å². The van der Waals surface area contributed by atoms with E-state index in [1.54, 1.807) is 4.90 Å². The molecule has 0 aliphatic carbocycles. The van der Waals surface area contributed by atoms with Crippen molar-refractivity contribution in [3.05, 3.63) is 0 Å². The largest absolute Gasteiger partial charge is 0.396 e. The molecule has 1 aliphatic rings. The van der Waals surface area contributed by atoms with E-state index in [0.717, 1.165) is 6.54 Å². The van der Waals surface area contributed by atoms with Crippen molar-refractivity contribution < 1.29 is 9.90 Å². The zero-order chi connectivity index (χ0) is 9.84. The van der Waals surface area contributed by atoms with Gasteiger partial charge in [0, 0.05) is 37.9 Å². The van der Waals surface area contributed by atoms with Gasteiger partial charge in [0.15, 0.2) is 0 Å². The number of aliphatic hydroxyl groups is 1. The van der Waals surface area contributed by atoms with Crippen molar-refractivity contribution in [3.63, 3.8) is 0 Å². The molecule has 1 aliphatic heterocycles. The summed E-state index contributed by atoms with van der Waals surface area (Å²) in [4.78, 5) is 13.2. The average molecular weight is 206 g/mol. The maximum Gasteiger partial charge on any atom is 0.223 e. The molecule has 0 saturated carbocycles. The Morgan fingerprint density at radius 3 is 2.77 bits per heavy atom. The molecular formula is C9H16ClNO2. The maximum absolute atomic E-state index is 11.4. The second-order valence-corrected chi connectivity index (χ2v) is 4.04. The van der Waals surface area contributed by atoms with Crippen molar-refractivity contribution in [1.29, 1.82) is 0 Å². The normalized spacial score (nSPS) is 28.1. The Balaban J connectivity index is 2.43. The van der Waals surface area contributed by atoms with Crippen LogP contribution >= 0.6 is 11.6 Å². The molecule has 1 N–H and O–H groups in total. The van der Waals surface area contributed by atoms with E-state index < -0.39 is 0 Å². The second kappa shape index (κ2) is 4.82. The molecule has 4 heteroatoms. The van der Waals surface area contributed by atoms with Gasteiger partial charge >= 0.3 is 0 Å². The number of rotatable bonds is 3. The molecule has 0 aromatic carbocycles. The third-order valence-corrected chi connectivity index (χ3v) is 2.85. The van der Waals surface area contributed by atoms with E-state index in [2.05, 4.69) is 6.92 Å². The molecule has 1 amide bonds. The molecule has 76 valence electrons. The van der Waals surface area contributed by atoms with E-state index in [1.807, 2.05) is 0 Å². The fraction of sp³-hybridized carbons (Fsp3) is 0.889. The summed E-state index contributed by atoms with van der Waals surface area (Å²) in [7, 11) is 0. The van der Waals surface area contributed by atoms with Crippen molar-refractivity contribution >= 4 is 17.5 Å². The SMILES string of the molecule is C[C@@H]1CN(C(=O)CCCl)C[C@H]1CO. The number of hydrogen-bond acceptors (Lipinski definition) is 2. The Bertz CT molecular complexity index is 186. The molecule has 1 rings (SSSR count). The molecule has 0 unspecified atom stereocenters. The fourth-order valence-electron chi connectivity index (χ4n) is 1.71. The summed E-state index contributed by atoms with van der Waals surface area (Å²) in [6.07, 6.45) is 0.409. The lowest BCUT2D eigenvalue weighted by molar-refractivity contribution is -0.129. The van der Waals surface area contributed by atoms with Crippen LogP contribution in [0.25, 0.3) is 0 Å². The van der Waals surface area contributed by atoms with Gasteiger partial charge in [-0.25, -0.2) is 0 Å². The van der Waals surface area contributed by atoms with Crippen LogP contribution in [0, 0.1) is 11.8 Å². The Morgan fingerprint density at radius 1 is 1.62 bits per heavy atom. The van der Waals surface area contributed by atoms with Crippen LogP contribution in [0.1, 0.15) is 13.3 Å². The van der Waals surface area contributed by atoms with Gasteiger partial charge in [0.1, 0.15) is 0 Å². The number of alkyl halides is 1. The molecule has 13 heavy (non-hydrogen) atoms. The highest BCUT2D eigenvalue weighted by Gasteiger charge is 2.31. The zero-order valence-electron chi connectivity index (χ0n) is 7.87. The van der Waals surface area contributed by atoms with Gasteiger partial charge in [-0.1, -0.05) is 6.92 Å². The van der Waals surface area contributed by atoms with E-state index >= 15 is 0 Å². The highest BCUT2D eigenvalue weighted by molar-refractivity contribution is 6.18. The first kappa shape index (κ1) is 10.8. The average Bonchev–Trinajstić information content (AvgIpc) is 2.47. The Morgan fingerprint density at radius 2 is 2.31 bits per heavy atom. The summed E-state index contributed by atoms with van der Waals surface area (Å²) in [6, 6.07) is 0.